The zero-order valence-corrected chi connectivity index (χ0v) is 22.5. The van der Waals surface area contributed by atoms with E-state index in [4.69, 9.17) is 0 Å². The fourth-order valence-electron chi connectivity index (χ4n) is 6.72. The number of H-pyrrole nitrogens is 1. The number of fused-ring (bicyclic) bond motifs is 3. The minimum absolute atomic E-state index is 0.0736. The Balaban J connectivity index is 1.67. The van der Waals surface area contributed by atoms with Crippen molar-refractivity contribution in [2.45, 2.75) is 64.5 Å². The first kappa shape index (κ1) is 26.2. The molecule has 3 N–H and O–H groups in total. The number of hydrogen-bond acceptors (Lipinski definition) is 4. The molecule has 1 fully saturated rings. The molecular weight excluding hydrogens is 481 g/mol. The number of piperidine rings is 1. The molecule has 5 rings (SSSR count). The van der Waals surface area contributed by atoms with E-state index in [-0.39, 0.29) is 23.1 Å². The van der Waals surface area contributed by atoms with E-state index in [9.17, 15) is 19.1 Å². The molecule has 0 bridgehead atoms. The highest BCUT2D eigenvalue weighted by molar-refractivity contribution is 6.18. The van der Waals surface area contributed by atoms with Crippen LogP contribution in [0.1, 0.15) is 74.1 Å². The Morgan fingerprint density at radius 2 is 1.79 bits per heavy atom. The highest BCUT2D eigenvalue weighted by Gasteiger charge is 2.56. The van der Waals surface area contributed by atoms with Gasteiger partial charge in [0.15, 0.2) is 5.78 Å². The van der Waals surface area contributed by atoms with Gasteiger partial charge in [-0.15, -0.1) is 0 Å². The molecule has 7 heteroatoms. The number of aliphatic carboxylic acids is 1. The van der Waals surface area contributed by atoms with Gasteiger partial charge in [0.25, 0.3) is 0 Å². The SMILES string of the molecule is CC(C)C1(C(=O)c2ccc(F)c(CN3CCCCC3)c2)NC=C(C(=O)O)c2[nH]c3ccccc3c2C1(C)C. The summed E-state index contributed by atoms with van der Waals surface area (Å²) >= 11 is 0. The molecule has 3 aromatic rings. The molecule has 1 saturated heterocycles. The molecule has 38 heavy (non-hydrogen) atoms. The standard InChI is InChI=1S/C31H36FN3O3/c1-19(2)31(28(36)20-12-13-24(32)21(16-20)18-35-14-8-5-9-15-35)30(3,4)26-22-10-6-7-11-25(22)34-27(26)23(17-33-31)29(37)38/h6-7,10-13,16-17,19,33-34H,5,8-9,14-15,18H2,1-4H3,(H,37,38). The molecule has 1 unspecified atom stereocenters. The monoisotopic (exact) mass is 517 g/mol. The first-order valence-electron chi connectivity index (χ1n) is 13.5. The molecule has 6 nitrogen and oxygen atoms in total. The van der Waals surface area contributed by atoms with Crippen LogP contribution in [0.5, 0.6) is 0 Å². The number of carbonyl (C=O) groups is 2. The summed E-state index contributed by atoms with van der Waals surface area (Å²) in [6.07, 6.45) is 4.85. The van der Waals surface area contributed by atoms with Gasteiger partial charge in [0.1, 0.15) is 11.4 Å². The van der Waals surface area contributed by atoms with Gasteiger partial charge in [-0.3, -0.25) is 9.69 Å². The summed E-state index contributed by atoms with van der Waals surface area (Å²) in [5.41, 5.74) is 1.05. The average molecular weight is 518 g/mol. The molecule has 3 heterocycles. The largest absolute Gasteiger partial charge is 0.478 e. The second-order valence-corrected chi connectivity index (χ2v) is 11.5. The number of para-hydroxylation sites is 1. The minimum atomic E-state index is -1.20. The average Bonchev–Trinajstić information content (AvgIpc) is 3.23. The lowest BCUT2D eigenvalue weighted by Gasteiger charge is -2.48. The summed E-state index contributed by atoms with van der Waals surface area (Å²) in [5.74, 6) is -1.81. The van der Waals surface area contributed by atoms with Crippen LogP contribution in [0.25, 0.3) is 16.5 Å². The maximum atomic E-state index is 14.9. The Bertz CT molecular complexity index is 1430. The van der Waals surface area contributed by atoms with Crippen molar-refractivity contribution in [3.05, 3.63) is 76.9 Å². The van der Waals surface area contributed by atoms with Crippen molar-refractivity contribution in [1.29, 1.82) is 0 Å². The third-order valence-corrected chi connectivity index (χ3v) is 8.64. The number of likely N-dealkylation sites (tertiary alicyclic amines) is 1. The van der Waals surface area contributed by atoms with Crippen molar-refractivity contribution in [2.24, 2.45) is 5.92 Å². The summed E-state index contributed by atoms with van der Waals surface area (Å²) < 4.78 is 14.9. The molecule has 200 valence electrons. The van der Waals surface area contributed by atoms with Crippen LogP contribution < -0.4 is 5.32 Å². The van der Waals surface area contributed by atoms with Crippen LogP contribution >= 0.6 is 0 Å². The quantitative estimate of drug-likeness (QED) is 0.356. The van der Waals surface area contributed by atoms with Gasteiger partial charge in [0, 0.05) is 40.2 Å². The number of hydrogen-bond donors (Lipinski definition) is 3. The van der Waals surface area contributed by atoms with Crippen LogP contribution in [0.2, 0.25) is 0 Å². The molecule has 0 spiro atoms. The number of carboxylic acids is 1. The maximum absolute atomic E-state index is 14.9. The summed E-state index contributed by atoms with van der Waals surface area (Å²) in [6.45, 7) is 10.2. The van der Waals surface area contributed by atoms with E-state index in [1.807, 2.05) is 52.0 Å². The molecule has 0 saturated carbocycles. The van der Waals surface area contributed by atoms with Crippen LogP contribution in [0, 0.1) is 11.7 Å². The molecule has 0 aliphatic carbocycles. The second-order valence-electron chi connectivity index (χ2n) is 11.5. The summed E-state index contributed by atoms with van der Waals surface area (Å²) in [6, 6.07) is 12.3. The fraction of sp³-hybridized carbons (Fsp3) is 0.419. The van der Waals surface area contributed by atoms with Gasteiger partial charge in [-0.25, -0.2) is 9.18 Å². The van der Waals surface area contributed by atoms with Crippen LogP contribution in [0.4, 0.5) is 4.39 Å². The molecule has 1 aromatic heterocycles. The smallest absolute Gasteiger partial charge is 0.339 e. The fourth-order valence-corrected chi connectivity index (χ4v) is 6.72. The van der Waals surface area contributed by atoms with Crippen LogP contribution in [-0.4, -0.2) is 45.4 Å². The van der Waals surface area contributed by atoms with E-state index >= 15 is 0 Å². The number of nitrogens with one attached hydrogen (secondary N) is 2. The number of ketones is 1. The van der Waals surface area contributed by atoms with E-state index < -0.39 is 16.9 Å². The maximum Gasteiger partial charge on any atom is 0.339 e. The van der Waals surface area contributed by atoms with Gasteiger partial charge in [-0.2, -0.15) is 0 Å². The Morgan fingerprint density at radius 1 is 1.08 bits per heavy atom. The number of rotatable bonds is 6. The van der Waals surface area contributed by atoms with Gasteiger partial charge in [0.2, 0.25) is 0 Å². The van der Waals surface area contributed by atoms with Crippen molar-refractivity contribution in [2.75, 3.05) is 13.1 Å². The van der Waals surface area contributed by atoms with Gasteiger partial charge in [0.05, 0.1) is 11.3 Å². The third-order valence-electron chi connectivity index (χ3n) is 8.64. The Hall–Kier alpha value is -3.45. The highest BCUT2D eigenvalue weighted by atomic mass is 19.1. The van der Waals surface area contributed by atoms with Gasteiger partial charge >= 0.3 is 5.97 Å². The number of Topliss-reactive ketones (excluding diaryl/α,β-unsaturated/α-hetero) is 1. The first-order valence-corrected chi connectivity index (χ1v) is 13.5. The summed E-state index contributed by atoms with van der Waals surface area (Å²) in [7, 11) is 0. The van der Waals surface area contributed by atoms with E-state index in [1.165, 1.54) is 18.7 Å². The first-order chi connectivity index (χ1) is 18.1. The predicted octanol–water partition coefficient (Wildman–Crippen LogP) is 5.88. The Kier molecular flexibility index (Phi) is 6.68. The van der Waals surface area contributed by atoms with Gasteiger partial charge < -0.3 is 15.4 Å². The minimum Gasteiger partial charge on any atom is -0.478 e. The van der Waals surface area contributed by atoms with E-state index in [0.717, 1.165) is 42.4 Å². The van der Waals surface area contributed by atoms with E-state index in [1.54, 1.807) is 12.1 Å². The van der Waals surface area contributed by atoms with E-state index in [0.29, 0.717) is 23.4 Å². The van der Waals surface area contributed by atoms with Gasteiger partial charge in [-0.1, -0.05) is 52.3 Å². The number of aromatic nitrogens is 1. The topological polar surface area (TPSA) is 85.4 Å². The molecule has 2 aliphatic rings. The lowest BCUT2D eigenvalue weighted by atomic mass is 9.59. The van der Waals surface area contributed by atoms with Crippen molar-refractivity contribution in [3.63, 3.8) is 0 Å². The van der Waals surface area contributed by atoms with Gasteiger partial charge in [-0.05, 0) is 61.7 Å². The third kappa shape index (κ3) is 4.04. The lowest BCUT2D eigenvalue weighted by molar-refractivity contribution is -0.130. The molecule has 0 radical (unpaired) electrons. The number of benzene rings is 2. The normalized spacial score (nSPS) is 21.5. The Labute approximate surface area is 222 Å². The molecule has 2 aromatic carbocycles. The number of nitrogens with zero attached hydrogens (tertiary/aromatic N) is 1. The Morgan fingerprint density at radius 3 is 2.47 bits per heavy atom. The van der Waals surface area contributed by atoms with Crippen molar-refractivity contribution in [3.8, 4) is 0 Å². The zero-order valence-electron chi connectivity index (χ0n) is 22.5. The predicted molar refractivity (Wildman–Crippen MR) is 148 cm³/mol. The van der Waals surface area contributed by atoms with Crippen LogP contribution in [-0.2, 0) is 16.8 Å². The second kappa shape index (κ2) is 9.70. The molecule has 0 amide bonds. The highest BCUT2D eigenvalue weighted by Crippen LogP contribution is 2.49. The zero-order chi connectivity index (χ0) is 27.2. The summed E-state index contributed by atoms with van der Waals surface area (Å²) in [4.78, 5) is 32.6. The van der Waals surface area contributed by atoms with E-state index in [2.05, 4.69) is 15.2 Å². The number of carboxylic acid groups (broad SMARTS) is 1. The lowest BCUT2D eigenvalue weighted by Crippen LogP contribution is -2.65. The number of halogens is 1. The summed E-state index contributed by atoms with van der Waals surface area (Å²) in [5, 5.41) is 14.3. The van der Waals surface area contributed by atoms with Crippen LogP contribution in [0.15, 0.2) is 48.7 Å². The number of carbonyl (C=O) groups excluding carboxylic acids is 1. The van der Waals surface area contributed by atoms with Crippen molar-refractivity contribution >= 4 is 28.2 Å². The van der Waals surface area contributed by atoms with Crippen molar-refractivity contribution in [1.82, 2.24) is 15.2 Å². The van der Waals surface area contributed by atoms with Crippen molar-refractivity contribution < 1.29 is 19.1 Å². The molecular formula is C31H36FN3O3. The van der Waals surface area contributed by atoms with Crippen LogP contribution in [0.3, 0.4) is 0 Å². The number of aromatic amines is 1. The molecule has 1 atom stereocenters. The molecule has 2 aliphatic heterocycles.